The summed E-state index contributed by atoms with van der Waals surface area (Å²) in [5.74, 6) is -8.24. The van der Waals surface area contributed by atoms with E-state index in [1.165, 1.54) is 27.0 Å². The van der Waals surface area contributed by atoms with E-state index in [1.807, 2.05) is 0 Å². The van der Waals surface area contributed by atoms with Crippen molar-refractivity contribution in [1.82, 2.24) is 29.8 Å². The number of carbonyl (C=O) groups excluding carboxylic acids is 4. The Morgan fingerprint density at radius 1 is 1.08 bits per heavy atom. The van der Waals surface area contributed by atoms with Gasteiger partial charge in [-0.05, 0) is 51.5 Å². The minimum atomic E-state index is -4.91. The second-order valence-electron chi connectivity index (χ2n) is 14.1. The van der Waals surface area contributed by atoms with Crippen LogP contribution < -0.4 is 5.32 Å². The lowest BCUT2D eigenvalue weighted by atomic mass is 9.71. The topological polar surface area (TPSA) is 154 Å². The number of hydrogen-bond acceptors (Lipinski definition) is 10. The summed E-state index contributed by atoms with van der Waals surface area (Å²) in [5.41, 5.74) is -2.94. The lowest BCUT2D eigenvalue weighted by Crippen LogP contribution is -2.61. The molecular weight excluding hydrogens is 699 g/mol. The van der Waals surface area contributed by atoms with E-state index in [1.54, 1.807) is 30.3 Å². The van der Waals surface area contributed by atoms with Gasteiger partial charge in [-0.2, -0.15) is 18.3 Å². The number of likely N-dealkylation sites (tertiary alicyclic amines) is 1. The van der Waals surface area contributed by atoms with Gasteiger partial charge in [0.2, 0.25) is 11.8 Å². The van der Waals surface area contributed by atoms with Crippen LogP contribution in [0.1, 0.15) is 75.9 Å². The van der Waals surface area contributed by atoms with Crippen molar-refractivity contribution in [2.45, 2.75) is 89.6 Å². The maximum atomic E-state index is 14.2. The third kappa shape index (κ3) is 8.75. The van der Waals surface area contributed by atoms with Crippen LogP contribution in [0.2, 0.25) is 0 Å². The normalized spacial score (nSPS) is 21.8. The van der Waals surface area contributed by atoms with E-state index in [0.29, 0.717) is 0 Å². The lowest BCUT2D eigenvalue weighted by molar-refractivity contribution is -0.204. The van der Waals surface area contributed by atoms with Gasteiger partial charge >= 0.3 is 24.3 Å². The highest BCUT2D eigenvalue weighted by Crippen LogP contribution is 2.45. The van der Waals surface area contributed by atoms with Crippen molar-refractivity contribution < 1.29 is 55.3 Å². The zero-order valence-corrected chi connectivity index (χ0v) is 28.9. The van der Waals surface area contributed by atoms with Gasteiger partial charge in [0.05, 0.1) is 42.9 Å². The number of hydrogen-bond donors (Lipinski definition) is 1. The molecule has 3 amide bonds. The molecule has 3 aromatic rings. The van der Waals surface area contributed by atoms with E-state index in [4.69, 9.17) is 14.2 Å². The minimum Gasteiger partial charge on any atom is -0.468 e. The van der Waals surface area contributed by atoms with Crippen molar-refractivity contribution in [3.8, 4) is 0 Å². The van der Waals surface area contributed by atoms with Gasteiger partial charge in [-0.1, -0.05) is 30.3 Å². The number of methoxy groups -OCH3 is 1. The molecule has 0 radical (unpaired) electrons. The highest BCUT2D eigenvalue weighted by atomic mass is 19.4. The van der Waals surface area contributed by atoms with Crippen molar-refractivity contribution >= 4 is 29.8 Å². The first-order chi connectivity index (χ1) is 24.3. The Balaban J connectivity index is 1.46. The molecule has 0 bridgehead atoms. The highest BCUT2D eigenvalue weighted by Gasteiger charge is 2.61. The fraction of sp³-hybridized carbons (Fsp3) is 0.559. The van der Waals surface area contributed by atoms with E-state index < -0.39 is 97.3 Å². The molecule has 3 heterocycles. The zero-order valence-electron chi connectivity index (χ0n) is 28.9. The number of carbonyl (C=O) groups is 4. The maximum Gasteiger partial charge on any atom is 0.417 e. The highest BCUT2D eigenvalue weighted by molar-refractivity contribution is 6.08. The number of amides is 3. The second-order valence-corrected chi connectivity index (χ2v) is 14.1. The number of nitrogens with one attached hydrogen (secondary N) is 1. The Morgan fingerprint density at radius 2 is 1.75 bits per heavy atom. The number of esters is 1. The summed E-state index contributed by atoms with van der Waals surface area (Å²) in [6, 6.07) is 7.95. The Hall–Kier alpha value is -4.90. The standard InChI is InChI=1S/C34H39F5N6O7/c1-31(2,3)52-30(49)44-17-22(34(37,38)39)14-32(26(44)46,27(47)50-4)15-23-16-40-28-41-24(18-45(28)43-23)25(21-10-12-33(35,36)13-11-21)42-29(48)51-19-20-8-6-5-7-9-20/h5-9,16,18,21-22,25H,10-15,17,19H2,1-4H3,(H,42,48)/t22-,25+,32?/m1/s1. The number of rotatable bonds is 8. The van der Waals surface area contributed by atoms with Crippen LogP contribution in [0.5, 0.6) is 0 Å². The molecule has 2 fully saturated rings. The molecule has 1 N–H and O–H groups in total. The average Bonchev–Trinajstić information content (AvgIpc) is 3.49. The fourth-order valence-electron chi connectivity index (χ4n) is 6.51. The maximum absolute atomic E-state index is 14.2. The van der Waals surface area contributed by atoms with E-state index >= 15 is 0 Å². The molecular formula is C34H39F5N6O7. The number of imidazole rings is 1. The predicted molar refractivity (Wildman–Crippen MR) is 170 cm³/mol. The van der Waals surface area contributed by atoms with Crippen LogP contribution in [0.3, 0.4) is 0 Å². The number of benzene rings is 1. The number of fused-ring (bicyclic) bond motifs is 1. The van der Waals surface area contributed by atoms with Crippen LogP contribution in [0.15, 0.2) is 42.7 Å². The van der Waals surface area contributed by atoms with Gasteiger partial charge < -0.3 is 19.5 Å². The molecule has 1 saturated carbocycles. The van der Waals surface area contributed by atoms with Crippen molar-refractivity contribution in [3.05, 3.63) is 59.7 Å². The number of imide groups is 1. The Bertz CT molecular complexity index is 1790. The molecule has 52 heavy (non-hydrogen) atoms. The van der Waals surface area contributed by atoms with Crippen molar-refractivity contribution in [2.75, 3.05) is 13.7 Å². The molecule has 18 heteroatoms. The number of nitrogens with zero attached hydrogens (tertiary/aromatic N) is 5. The van der Waals surface area contributed by atoms with Crippen LogP contribution >= 0.6 is 0 Å². The van der Waals surface area contributed by atoms with Crippen LogP contribution in [-0.2, 0) is 36.8 Å². The molecule has 1 unspecified atom stereocenters. The lowest BCUT2D eigenvalue weighted by Gasteiger charge is -2.42. The summed E-state index contributed by atoms with van der Waals surface area (Å²) >= 11 is 0. The van der Waals surface area contributed by atoms with Crippen LogP contribution in [0.25, 0.3) is 5.78 Å². The SMILES string of the molecule is COC(=O)C1(Cc2cnc3nc([C@@H](NC(=O)OCc4ccccc4)C4CCC(F)(F)CC4)cn3n2)C[C@@H](C(F)(F)F)CN(C(=O)OC(C)(C)C)C1=O. The van der Waals surface area contributed by atoms with Crippen LogP contribution in [-0.4, -0.2) is 79.9 Å². The summed E-state index contributed by atoms with van der Waals surface area (Å²) in [5, 5.41) is 7.09. The summed E-state index contributed by atoms with van der Waals surface area (Å²) in [7, 11) is 0.905. The minimum absolute atomic E-state index is 0.0324. The van der Waals surface area contributed by atoms with Gasteiger partial charge in [-0.15, -0.1) is 0 Å². The molecule has 0 spiro atoms. The van der Waals surface area contributed by atoms with Crippen LogP contribution in [0, 0.1) is 17.3 Å². The van der Waals surface area contributed by atoms with E-state index in [0.717, 1.165) is 23.4 Å². The summed E-state index contributed by atoms with van der Waals surface area (Å²) in [4.78, 5) is 62.0. The van der Waals surface area contributed by atoms with E-state index in [9.17, 15) is 41.1 Å². The number of ether oxygens (including phenoxy) is 3. The summed E-state index contributed by atoms with van der Waals surface area (Å²) in [6.07, 6.45) is -7.14. The molecule has 2 aliphatic rings. The van der Waals surface area contributed by atoms with E-state index in [2.05, 4.69) is 20.4 Å². The van der Waals surface area contributed by atoms with Gasteiger partial charge in [0.1, 0.15) is 12.2 Å². The molecule has 1 saturated heterocycles. The third-order valence-corrected chi connectivity index (χ3v) is 9.08. The summed E-state index contributed by atoms with van der Waals surface area (Å²) in [6.45, 7) is 3.28. The Labute approximate surface area is 295 Å². The predicted octanol–water partition coefficient (Wildman–Crippen LogP) is 5.97. The van der Waals surface area contributed by atoms with Gasteiger partial charge in [-0.25, -0.2) is 37.8 Å². The monoisotopic (exact) mass is 738 g/mol. The first-order valence-corrected chi connectivity index (χ1v) is 16.6. The van der Waals surface area contributed by atoms with E-state index in [-0.39, 0.29) is 41.5 Å². The van der Waals surface area contributed by atoms with Gasteiger partial charge in [0.25, 0.3) is 5.78 Å². The second kappa shape index (κ2) is 14.6. The molecule has 1 aromatic carbocycles. The fourth-order valence-corrected chi connectivity index (χ4v) is 6.51. The van der Waals surface area contributed by atoms with Crippen molar-refractivity contribution in [1.29, 1.82) is 0 Å². The van der Waals surface area contributed by atoms with Crippen molar-refractivity contribution in [3.63, 3.8) is 0 Å². The Kier molecular flexibility index (Phi) is 10.8. The van der Waals surface area contributed by atoms with Crippen LogP contribution in [0.4, 0.5) is 31.5 Å². The van der Waals surface area contributed by atoms with Gasteiger partial charge in [0.15, 0.2) is 5.41 Å². The summed E-state index contributed by atoms with van der Waals surface area (Å²) < 4.78 is 87.4. The number of alkyl halides is 5. The number of aromatic nitrogens is 4. The number of alkyl carbamates (subject to hydrolysis) is 1. The molecule has 5 rings (SSSR count). The largest absolute Gasteiger partial charge is 0.468 e. The molecule has 1 aliphatic heterocycles. The van der Waals surface area contributed by atoms with Gasteiger partial charge in [-0.3, -0.25) is 9.59 Å². The first kappa shape index (κ1) is 38.3. The third-order valence-electron chi connectivity index (χ3n) is 9.08. The molecule has 13 nitrogen and oxygen atoms in total. The first-order valence-electron chi connectivity index (χ1n) is 16.6. The Morgan fingerprint density at radius 3 is 2.37 bits per heavy atom. The average molecular weight is 739 g/mol. The quantitative estimate of drug-likeness (QED) is 0.127. The molecule has 2 aromatic heterocycles. The molecule has 282 valence electrons. The molecule has 1 aliphatic carbocycles. The number of piperidine rings is 1. The molecule has 3 atom stereocenters. The van der Waals surface area contributed by atoms with Gasteiger partial charge in [0, 0.05) is 25.8 Å². The zero-order chi connectivity index (χ0) is 38.1. The van der Waals surface area contributed by atoms with Crippen molar-refractivity contribution in [2.24, 2.45) is 17.3 Å². The number of halogens is 5. The smallest absolute Gasteiger partial charge is 0.417 e.